The van der Waals surface area contributed by atoms with Crippen LogP contribution in [0.15, 0.2) is 24.3 Å². The summed E-state index contributed by atoms with van der Waals surface area (Å²) in [6, 6.07) is 6.17. The maximum Gasteiger partial charge on any atom is 0.461 e. The van der Waals surface area contributed by atoms with Crippen molar-refractivity contribution in [1.29, 1.82) is 0 Å². The summed E-state index contributed by atoms with van der Waals surface area (Å²) in [5.74, 6) is 0.293. The molecule has 3 nitrogen and oxygen atoms in total. The summed E-state index contributed by atoms with van der Waals surface area (Å²) in [5, 5.41) is 3.26. The third-order valence-electron chi connectivity index (χ3n) is 4.39. The third kappa shape index (κ3) is 5.57. The minimum absolute atomic E-state index is 0.130. The minimum Gasteiger partial charge on any atom is -0.428 e. The smallest absolute Gasteiger partial charge is 0.428 e. The molecule has 142 valence electrons. The number of ether oxygens (including phenoxy) is 1. The van der Waals surface area contributed by atoms with Crippen LogP contribution in [0.2, 0.25) is 0 Å². The van der Waals surface area contributed by atoms with Crippen LogP contribution in [0.4, 0.5) is 17.6 Å². The minimum atomic E-state index is -4.50. The van der Waals surface area contributed by atoms with Crippen molar-refractivity contribution < 1.29 is 22.3 Å². The topological polar surface area (TPSA) is 24.5 Å². The molecule has 25 heavy (non-hydrogen) atoms. The Morgan fingerprint density at radius 2 is 1.76 bits per heavy atom. The first-order chi connectivity index (χ1) is 11.8. The number of para-hydroxylation sites is 1. The standard InChI is InChI=1S/C18H26F4N2O/c1-13(2)7-8-15(24-11-9-23-10-12-24)14-5-3-4-6-16(14)25-18(21,22)17(19)20/h3-6,13,15,17,23H,7-12H2,1-2H3/t15-/m1/s1. The zero-order valence-electron chi connectivity index (χ0n) is 14.7. The molecular formula is C18H26F4N2O. The summed E-state index contributed by atoms with van der Waals surface area (Å²) in [6.45, 7) is 7.39. The van der Waals surface area contributed by atoms with E-state index in [0.29, 0.717) is 11.5 Å². The molecule has 0 unspecified atom stereocenters. The van der Waals surface area contributed by atoms with Gasteiger partial charge in [-0.3, -0.25) is 4.90 Å². The van der Waals surface area contributed by atoms with Crippen LogP contribution in [0.1, 0.15) is 38.3 Å². The lowest BCUT2D eigenvalue weighted by Gasteiger charge is -2.36. The van der Waals surface area contributed by atoms with Crippen molar-refractivity contribution in [3.8, 4) is 5.75 Å². The monoisotopic (exact) mass is 362 g/mol. The number of piperazine rings is 1. The molecular weight excluding hydrogens is 336 g/mol. The van der Waals surface area contributed by atoms with Gasteiger partial charge in [-0.05, 0) is 24.8 Å². The van der Waals surface area contributed by atoms with Crippen molar-refractivity contribution in [1.82, 2.24) is 10.2 Å². The van der Waals surface area contributed by atoms with Gasteiger partial charge in [0, 0.05) is 37.8 Å². The first kappa shape index (κ1) is 20.0. The first-order valence-corrected chi connectivity index (χ1v) is 8.70. The Morgan fingerprint density at radius 3 is 2.36 bits per heavy atom. The van der Waals surface area contributed by atoms with Crippen molar-refractivity contribution in [2.75, 3.05) is 26.2 Å². The van der Waals surface area contributed by atoms with Gasteiger partial charge < -0.3 is 10.1 Å². The number of hydrogen-bond donors (Lipinski definition) is 1. The fraction of sp³-hybridized carbons (Fsp3) is 0.667. The SMILES string of the molecule is CC(C)CC[C@H](c1ccccc1OC(F)(F)C(F)F)N1CCNCC1. The van der Waals surface area contributed by atoms with E-state index in [1.54, 1.807) is 12.1 Å². The molecule has 1 saturated heterocycles. The molecule has 1 atom stereocenters. The fourth-order valence-electron chi connectivity index (χ4n) is 3.06. The zero-order valence-corrected chi connectivity index (χ0v) is 14.7. The molecule has 0 bridgehead atoms. The lowest BCUT2D eigenvalue weighted by atomic mass is 9.95. The van der Waals surface area contributed by atoms with Gasteiger partial charge in [0.25, 0.3) is 0 Å². The van der Waals surface area contributed by atoms with Crippen molar-refractivity contribution in [2.45, 2.75) is 45.3 Å². The Hall–Kier alpha value is -1.34. The van der Waals surface area contributed by atoms with E-state index in [2.05, 4.69) is 28.8 Å². The van der Waals surface area contributed by atoms with Gasteiger partial charge in [-0.2, -0.15) is 17.6 Å². The van der Waals surface area contributed by atoms with E-state index in [4.69, 9.17) is 0 Å². The highest BCUT2D eigenvalue weighted by Gasteiger charge is 2.44. The Bertz CT molecular complexity index is 534. The molecule has 1 heterocycles. The normalized spacial score (nSPS) is 17.9. The average molecular weight is 362 g/mol. The highest BCUT2D eigenvalue weighted by atomic mass is 19.3. The molecule has 0 saturated carbocycles. The van der Waals surface area contributed by atoms with Crippen LogP contribution in [0.25, 0.3) is 0 Å². The lowest BCUT2D eigenvalue weighted by Crippen LogP contribution is -2.45. The number of halogens is 4. The summed E-state index contributed by atoms with van der Waals surface area (Å²) in [7, 11) is 0. The van der Waals surface area contributed by atoms with E-state index in [1.807, 2.05) is 0 Å². The predicted molar refractivity (Wildman–Crippen MR) is 89.3 cm³/mol. The maximum atomic E-state index is 13.4. The summed E-state index contributed by atoms with van der Waals surface area (Å²) in [5.41, 5.74) is 0.547. The van der Waals surface area contributed by atoms with Crippen molar-refractivity contribution >= 4 is 0 Å². The second-order valence-corrected chi connectivity index (χ2v) is 6.78. The summed E-state index contributed by atoms with van der Waals surface area (Å²) < 4.78 is 56.4. The molecule has 1 aromatic carbocycles. The highest BCUT2D eigenvalue weighted by molar-refractivity contribution is 5.36. The molecule has 1 aliphatic rings. The van der Waals surface area contributed by atoms with E-state index < -0.39 is 12.5 Å². The van der Waals surface area contributed by atoms with Crippen molar-refractivity contribution in [2.24, 2.45) is 5.92 Å². The van der Waals surface area contributed by atoms with E-state index in [0.717, 1.165) is 39.0 Å². The molecule has 0 spiro atoms. The van der Waals surface area contributed by atoms with Crippen LogP contribution >= 0.6 is 0 Å². The molecule has 0 aliphatic carbocycles. The zero-order chi connectivity index (χ0) is 18.4. The maximum absolute atomic E-state index is 13.4. The van der Waals surface area contributed by atoms with E-state index in [1.165, 1.54) is 12.1 Å². The molecule has 1 N–H and O–H groups in total. The quantitative estimate of drug-likeness (QED) is 0.698. The van der Waals surface area contributed by atoms with Gasteiger partial charge >= 0.3 is 12.5 Å². The van der Waals surface area contributed by atoms with Crippen LogP contribution in [-0.4, -0.2) is 43.6 Å². The number of alkyl halides is 4. The molecule has 0 radical (unpaired) electrons. The van der Waals surface area contributed by atoms with Crippen LogP contribution in [-0.2, 0) is 0 Å². The largest absolute Gasteiger partial charge is 0.461 e. The average Bonchev–Trinajstić information content (AvgIpc) is 2.57. The molecule has 1 aliphatic heterocycles. The van der Waals surface area contributed by atoms with Gasteiger partial charge in [-0.15, -0.1) is 0 Å². The Morgan fingerprint density at radius 1 is 1.12 bits per heavy atom. The second-order valence-electron chi connectivity index (χ2n) is 6.78. The summed E-state index contributed by atoms with van der Waals surface area (Å²) in [4.78, 5) is 2.21. The van der Waals surface area contributed by atoms with Gasteiger partial charge in [0.05, 0.1) is 0 Å². The molecule has 1 aromatic rings. The van der Waals surface area contributed by atoms with Gasteiger partial charge in [0.2, 0.25) is 0 Å². The fourth-order valence-corrected chi connectivity index (χ4v) is 3.06. The summed E-state index contributed by atoms with van der Waals surface area (Å²) in [6.07, 6.45) is -6.69. The number of benzene rings is 1. The Labute approximate surface area is 146 Å². The van der Waals surface area contributed by atoms with Gasteiger partial charge in [-0.25, -0.2) is 0 Å². The number of nitrogens with zero attached hydrogens (tertiary/aromatic N) is 1. The predicted octanol–water partition coefficient (Wildman–Crippen LogP) is 4.31. The summed E-state index contributed by atoms with van der Waals surface area (Å²) >= 11 is 0. The first-order valence-electron chi connectivity index (χ1n) is 8.70. The molecule has 7 heteroatoms. The van der Waals surface area contributed by atoms with Crippen molar-refractivity contribution in [3.63, 3.8) is 0 Å². The Balaban J connectivity index is 2.29. The molecule has 0 amide bonds. The van der Waals surface area contributed by atoms with E-state index >= 15 is 0 Å². The Kier molecular flexibility index (Phi) is 7.07. The van der Waals surface area contributed by atoms with Crippen LogP contribution in [0.3, 0.4) is 0 Å². The van der Waals surface area contributed by atoms with Crippen LogP contribution in [0.5, 0.6) is 5.75 Å². The number of nitrogens with one attached hydrogen (secondary N) is 1. The highest BCUT2D eigenvalue weighted by Crippen LogP contribution is 2.37. The van der Waals surface area contributed by atoms with Crippen LogP contribution < -0.4 is 10.1 Å². The van der Waals surface area contributed by atoms with Gasteiger partial charge in [-0.1, -0.05) is 32.0 Å². The number of hydrogen-bond acceptors (Lipinski definition) is 3. The van der Waals surface area contributed by atoms with E-state index in [-0.39, 0.29) is 11.8 Å². The number of rotatable bonds is 8. The third-order valence-corrected chi connectivity index (χ3v) is 4.39. The van der Waals surface area contributed by atoms with Gasteiger partial charge in [0.1, 0.15) is 5.75 Å². The molecule has 2 rings (SSSR count). The lowest BCUT2D eigenvalue weighted by molar-refractivity contribution is -0.253. The van der Waals surface area contributed by atoms with E-state index in [9.17, 15) is 17.6 Å². The van der Waals surface area contributed by atoms with Crippen LogP contribution in [0, 0.1) is 5.92 Å². The molecule has 1 fully saturated rings. The molecule has 0 aromatic heterocycles. The van der Waals surface area contributed by atoms with Gasteiger partial charge in [0.15, 0.2) is 0 Å². The van der Waals surface area contributed by atoms with Crippen molar-refractivity contribution in [3.05, 3.63) is 29.8 Å². The second kappa shape index (κ2) is 8.85.